The van der Waals surface area contributed by atoms with Crippen LogP contribution in [0.15, 0.2) is 10.7 Å². The number of rotatable bonds is 2. The number of methoxy groups -OCH3 is 1. The molecule has 0 aliphatic carbocycles. The van der Waals surface area contributed by atoms with Crippen LogP contribution in [0.4, 0.5) is 5.82 Å². The predicted octanol–water partition coefficient (Wildman–Crippen LogP) is 3.15. The van der Waals surface area contributed by atoms with Gasteiger partial charge in [0.25, 0.3) is 0 Å². The highest BCUT2D eigenvalue weighted by Gasteiger charge is 2.24. The topological polar surface area (TPSA) is 38.2 Å². The van der Waals surface area contributed by atoms with Crippen molar-refractivity contribution < 1.29 is 4.74 Å². The summed E-state index contributed by atoms with van der Waals surface area (Å²) in [5.41, 5.74) is -0.0467. The van der Waals surface area contributed by atoms with Gasteiger partial charge in [-0.15, -0.1) is 0 Å². The molecule has 0 N–H and O–H groups in total. The molecule has 1 aliphatic heterocycles. The number of hydrogen-bond donors (Lipinski definition) is 0. The van der Waals surface area contributed by atoms with Crippen LogP contribution in [0, 0.1) is 0 Å². The van der Waals surface area contributed by atoms with E-state index in [9.17, 15) is 0 Å². The molecule has 1 unspecified atom stereocenters. The van der Waals surface area contributed by atoms with Crippen molar-refractivity contribution in [2.45, 2.75) is 45.1 Å². The zero-order valence-corrected chi connectivity index (χ0v) is 13.7. The van der Waals surface area contributed by atoms with Crippen molar-refractivity contribution in [1.29, 1.82) is 0 Å². The van der Waals surface area contributed by atoms with Gasteiger partial charge in [0, 0.05) is 31.7 Å². The van der Waals surface area contributed by atoms with Crippen LogP contribution in [-0.4, -0.2) is 36.3 Å². The van der Waals surface area contributed by atoms with Crippen molar-refractivity contribution in [2.24, 2.45) is 0 Å². The number of nitrogens with zero attached hydrogens (tertiary/aromatic N) is 3. The quantitative estimate of drug-likeness (QED) is 0.782. The Balaban J connectivity index is 2.26. The Kier molecular flexibility index (Phi) is 4.46. The van der Waals surface area contributed by atoms with Gasteiger partial charge in [-0.1, -0.05) is 20.8 Å². The van der Waals surface area contributed by atoms with Crippen molar-refractivity contribution >= 4 is 21.7 Å². The smallest absolute Gasteiger partial charge is 0.137 e. The van der Waals surface area contributed by atoms with E-state index in [1.165, 1.54) is 0 Å². The second-order valence-corrected chi connectivity index (χ2v) is 6.88. The lowest BCUT2D eigenvalue weighted by Crippen LogP contribution is -2.40. The molecule has 0 amide bonds. The summed E-state index contributed by atoms with van der Waals surface area (Å²) in [5, 5.41) is 0. The van der Waals surface area contributed by atoms with Crippen LogP contribution in [0.1, 0.15) is 39.4 Å². The van der Waals surface area contributed by atoms with Gasteiger partial charge in [0.2, 0.25) is 0 Å². The lowest BCUT2D eigenvalue weighted by molar-refractivity contribution is 0.0891. The monoisotopic (exact) mass is 327 g/mol. The van der Waals surface area contributed by atoms with E-state index in [0.29, 0.717) is 6.10 Å². The summed E-state index contributed by atoms with van der Waals surface area (Å²) in [4.78, 5) is 11.5. The number of aromatic nitrogens is 2. The van der Waals surface area contributed by atoms with Crippen LogP contribution in [-0.2, 0) is 10.2 Å². The molecule has 0 bridgehead atoms. The standard InChI is InChI=1S/C14H22BrN3O/c1-14(2,3)13-16-11(15)8-12(17-13)18-7-5-6-10(9-18)19-4/h8,10H,5-7,9H2,1-4H3. The van der Waals surface area contributed by atoms with E-state index in [1.54, 1.807) is 7.11 Å². The summed E-state index contributed by atoms with van der Waals surface area (Å²) < 4.78 is 6.32. The van der Waals surface area contributed by atoms with Crippen molar-refractivity contribution in [2.75, 3.05) is 25.1 Å². The van der Waals surface area contributed by atoms with Crippen molar-refractivity contribution in [3.05, 3.63) is 16.5 Å². The molecular formula is C14H22BrN3O. The summed E-state index contributed by atoms with van der Waals surface area (Å²) in [6.07, 6.45) is 2.58. The van der Waals surface area contributed by atoms with Gasteiger partial charge in [0.1, 0.15) is 16.2 Å². The molecule has 0 aromatic carbocycles. The van der Waals surface area contributed by atoms with E-state index in [-0.39, 0.29) is 5.41 Å². The Morgan fingerprint density at radius 1 is 1.37 bits per heavy atom. The van der Waals surface area contributed by atoms with E-state index in [0.717, 1.165) is 42.2 Å². The van der Waals surface area contributed by atoms with Crippen molar-refractivity contribution in [3.8, 4) is 0 Å². The molecule has 4 nitrogen and oxygen atoms in total. The lowest BCUT2D eigenvalue weighted by atomic mass is 9.96. The SMILES string of the molecule is COC1CCCN(c2cc(Br)nc(C(C)(C)C)n2)C1. The van der Waals surface area contributed by atoms with Crippen molar-refractivity contribution in [1.82, 2.24) is 9.97 Å². The number of ether oxygens (including phenoxy) is 1. The van der Waals surface area contributed by atoms with Crippen LogP contribution in [0.25, 0.3) is 0 Å². The van der Waals surface area contributed by atoms with Gasteiger partial charge in [0.15, 0.2) is 0 Å². The molecule has 1 fully saturated rings. The summed E-state index contributed by atoms with van der Waals surface area (Å²) in [7, 11) is 1.78. The molecule has 1 aliphatic rings. The van der Waals surface area contributed by atoms with Crippen LogP contribution >= 0.6 is 15.9 Å². The van der Waals surface area contributed by atoms with E-state index in [4.69, 9.17) is 9.72 Å². The minimum absolute atomic E-state index is 0.0467. The Morgan fingerprint density at radius 3 is 2.74 bits per heavy atom. The maximum Gasteiger partial charge on any atom is 0.137 e. The maximum atomic E-state index is 5.47. The van der Waals surface area contributed by atoms with Crippen molar-refractivity contribution in [3.63, 3.8) is 0 Å². The third-order valence-electron chi connectivity index (χ3n) is 3.39. The van der Waals surface area contributed by atoms with E-state index >= 15 is 0 Å². The van der Waals surface area contributed by atoms with E-state index in [2.05, 4.69) is 46.6 Å². The predicted molar refractivity (Wildman–Crippen MR) is 80.7 cm³/mol. The average Bonchev–Trinajstić information content (AvgIpc) is 2.37. The van der Waals surface area contributed by atoms with Gasteiger partial charge in [-0.25, -0.2) is 9.97 Å². The van der Waals surface area contributed by atoms with Gasteiger partial charge in [0.05, 0.1) is 6.10 Å². The van der Waals surface area contributed by atoms with Crippen LogP contribution in [0.5, 0.6) is 0 Å². The van der Waals surface area contributed by atoms with E-state index < -0.39 is 0 Å². The fraction of sp³-hybridized carbons (Fsp3) is 0.714. The largest absolute Gasteiger partial charge is 0.380 e. The minimum atomic E-state index is -0.0467. The summed E-state index contributed by atoms with van der Waals surface area (Å²) in [5.74, 6) is 1.87. The first-order valence-corrected chi connectivity index (χ1v) is 7.52. The first-order valence-electron chi connectivity index (χ1n) is 6.73. The zero-order valence-electron chi connectivity index (χ0n) is 12.1. The second kappa shape index (κ2) is 5.75. The minimum Gasteiger partial charge on any atom is -0.380 e. The highest BCUT2D eigenvalue weighted by Crippen LogP contribution is 2.26. The molecule has 1 atom stereocenters. The van der Waals surface area contributed by atoms with Crippen LogP contribution < -0.4 is 4.90 Å². The summed E-state index contributed by atoms with van der Waals surface area (Å²) in [6, 6.07) is 1.99. The van der Waals surface area contributed by atoms with Gasteiger partial charge >= 0.3 is 0 Å². The van der Waals surface area contributed by atoms with Crippen LogP contribution in [0.2, 0.25) is 0 Å². The van der Waals surface area contributed by atoms with Gasteiger partial charge < -0.3 is 9.64 Å². The molecular weight excluding hydrogens is 306 g/mol. The first-order chi connectivity index (χ1) is 8.90. The molecule has 0 spiro atoms. The summed E-state index contributed by atoms with van der Waals surface area (Å²) >= 11 is 3.50. The molecule has 19 heavy (non-hydrogen) atoms. The Bertz CT molecular complexity index is 445. The molecule has 0 radical (unpaired) electrons. The number of halogens is 1. The molecule has 5 heteroatoms. The lowest BCUT2D eigenvalue weighted by Gasteiger charge is -2.33. The number of piperidine rings is 1. The Labute approximate surface area is 123 Å². The highest BCUT2D eigenvalue weighted by atomic mass is 79.9. The number of anilines is 1. The third kappa shape index (κ3) is 3.66. The Hall–Kier alpha value is -0.680. The molecule has 1 saturated heterocycles. The van der Waals surface area contributed by atoms with Gasteiger partial charge in [-0.2, -0.15) is 0 Å². The number of hydrogen-bond acceptors (Lipinski definition) is 4. The second-order valence-electron chi connectivity index (χ2n) is 6.07. The molecule has 2 heterocycles. The first kappa shape index (κ1) is 14.7. The average molecular weight is 328 g/mol. The van der Waals surface area contributed by atoms with E-state index in [1.807, 2.05) is 6.07 Å². The molecule has 1 aromatic heterocycles. The Morgan fingerprint density at radius 2 is 2.11 bits per heavy atom. The molecule has 2 rings (SSSR count). The zero-order chi connectivity index (χ0) is 14.0. The molecule has 0 saturated carbocycles. The van der Waals surface area contributed by atoms with Crippen LogP contribution in [0.3, 0.4) is 0 Å². The third-order valence-corrected chi connectivity index (χ3v) is 3.79. The highest BCUT2D eigenvalue weighted by molar-refractivity contribution is 9.10. The maximum absolute atomic E-state index is 5.47. The summed E-state index contributed by atoms with van der Waals surface area (Å²) in [6.45, 7) is 8.34. The van der Waals surface area contributed by atoms with Gasteiger partial charge in [-0.3, -0.25) is 0 Å². The fourth-order valence-corrected chi connectivity index (χ4v) is 2.61. The van der Waals surface area contributed by atoms with Gasteiger partial charge in [-0.05, 0) is 28.8 Å². The molecule has 1 aromatic rings. The fourth-order valence-electron chi connectivity index (χ4n) is 2.24. The molecule has 106 valence electrons. The normalized spacial score (nSPS) is 20.7.